The van der Waals surface area contributed by atoms with Crippen molar-refractivity contribution in [2.75, 3.05) is 23.7 Å². The number of nitrogen functional groups attached to an aromatic ring is 1. The minimum atomic E-state index is -0.586. The summed E-state index contributed by atoms with van der Waals surface area (Å²) in [5, 5.41) is 0.660. The summed E-state index contributed by atoms with van der Waals surface area (Å²) in [6.45, 7) is 20.0. The zero-order valence-corrected chi connectivity index (χ0v) is 26.3. The van der Waals surface area contributed by atoms with Crippen LogP contribution in [0.1, 0.15) is 47.6 Å². The second-order valence-corrected chi connectivity index (χ2v) is 11.8. The average molecular weight is 608 g/mol. The number of piperazine rings is 1. The lowest BCUT2D eigenvalue weighted by molar-refractivity contribution is -0.130. The Balaban J connectivity index is 2.08. The monoisotopic (exact) mass is 607 g/mol. The first-order valence-electron chi connectivity index (χ1n) is 14.3. The maximum atomic E-state index is 15.2. The van der Waals surface area contributed by atoms with Gasteiger partial charge in [0, 0.05) is 30.9 Å². The number of hydrogen-bond acceptors (Lipinski definition) is 7. The van der Waals surface area contributed by atoms with E-state index in [0.717, 1.165) is 5.57 Å². The fraction of sp³-hybridized carbons (Fsp3) is 0.406. The van der Waals surface area contributed by atoms with Crippen LogP contribution in [0.15, 0.2) is 58.4 Å². The summed E-state index contributed by atoms with van der Waals surface area (Å²) >= 11 is 6.81. The molecule has 2 aromatic heterocycles. The molecule has 1 aliphatic rings. The molecule has 1 unspecified atom stereocenters. The number of hydrogen-bond donors (Lipinski definition) is 1. The van der Waals surface area contributed by atoms with E-state index in [1.807, 2.05) is 52.5 Å². The number of benzene rings is 1. The second kappa shape index (κ2) is 12.7. The molecule has 1 fully saturated rings. The number of nitrogens with two attached hydrogens (primary N) is 1. The lowest BCUT2D eigenvalue weighted by Crippen LogP contribution is -2.58. The molecule has 0 saturated carbocycles. The van der Waals surface area contributed by atoms with Crippen LogP contribution in [0, 0.1) is 11.7 Å². The number of rotatable bonds is 8. The Morgan fingerprint density at radius 3 is 2.42 bits per heavy atom. The predicted molar refractivity (Wildman–Crippen MR) is 173 cm³/mol. The van der Waals surface area contributed by atoms with E-state index in [-0.39, 0.29) is 51.5 Å². The highest BCUT2D eigenvalue weighted by Crippen LogP contribution is 2.39. The third-order valence-electron chi connectivity index (χ3n) is 8.18. The maximum absolute atomic E-state index is 15.2. The van der Waals surface area contributed by atoms with E-state index in [2.05, 4.69) is 23.3 Å². The molecule has 4 rings (SSSR count). The van der Waals surface area contributed by atoms with Crippen molar-refractivity contribution in [1.29, 1.82) is 0 Å². The molecule has 1 aliphatic heterocycles. The first kappa shape index (κ1) is 31.9. The Labute approximate surface area is 256 Å². The van der Waals surface area contributed by atoms with Gasteiger partial charge in [-0.1, -0.05) is 49.7 Å². The molecule has 1 aromatic carbocycles. The van der Waals surface area contributed by atoms with Gasteiger partial charge in [-0.05, 0) is 64.6 Å². The van der Waals surface area contributed by atoms with Crippen LogP contribution < -0.4 is 16.3 Å². The standard InChI is InChI=1S/C32H39ClFN7O2/c1-9-18(5)29(27(36-8)17(3)4)41-31-21(14-22(33)28(37-31)26-23(34)12-11-13-24(26)35)30(38-32(41)43)39-15-19(6)40(20(7)16-39)25(42)10-2/h9-14,17,19-20,27,29H,2,8,15-16,35H2,1,3-7H3/b18-9-/t19-,20+,27-,29?/m0/s1. The van der Waals surface area contributed by atoms with Crippen molar-refractivity contribution in [1.82, 2.24) is 19.4 Å². The van der Waals surface area contributed by atoms with E-state index in [4.69, 9.17) is 22.3 Å². The number of anilines is 2. The Morgan fingerprint density at radius 1 is 1.23 bits per heavy atom. The van der Waals surface area contributed by atoms with E-state index < -0.39 is 23.6 Å². The quantitative estimate of drug-likeness (QED) is 0.153. The summed E-state index contributed by atoms with van der Waals surface area (Å²) in [6, 6.07) is 4.68. The van der Waals surface area contributed by atoms with Gasteiger partial charge in [0.25, 0.3) is 0 Å². The molecular weight excluding hydrogens is 569 g/mol. The van der Waals surface area contributed by atoms with Crippen LogP contribution in [0.2, 0.25) is 5.02 Å². The van der Waals surface area contributed by atoms with Crippen LogP contribution >= 0.6 is 11.6 Å². The maximum Gasteiger partial charge on any atom is 0.351 e. The van der Waals surface area contributed by atoms with Crippen molar-refractivity contribution in [2.45, 2.75) is 65.7 Å². The van der Waals surface area contributed by atoms with Crippen molar-refractivity contribution in [3.63, 3.8) is 0 Å². The molecule has 11 heteroatoms. The van der Waals surface area contributed by atoms with Crippen LogP contribution in [0.25, 0.3) is 22.3 Å². The van der Waals surface area contributed by atoms with Gasteiger partial charge in [-0.15, -0.1) is 0 Å². The van der Waals surface area contributed by atoms with Crippen LogP contribution in [0.4, 0.5) is 15.9 Å². The molecule has 1 amide bonds. The fourth-order valence-corrected chi connectivity index (χ4v) is 6.33. The predicted octanol–water partition coefficient (Wildman–Crippen LogP) is 5.68. The topological polar surface area (TPSA) is 110 Å². The van der Waals surface area contributed by atoms with Crippen molar-refractivity contribution in [3.8, 4) is 11.3 Å². The SMILES string of the molecule is C=CC(=O)N1[C@H](C)CN(c2nc(=O)n(C(/C(C)=C\C)[C@@H](N=C)C(C)C)c3nc(-c4c(N)cccc4F)c(Cl)cc23)C[C@@H]1C. The van der Waals surface area contributed by atoms with Crippen molar-refractivity contribution < 1.29 is 9.18 Å². The molecule has 228 valence electrons. The van der Waals surface area contributed by atoms with E-state index in [0.29, 0.717) is 24.3 Å². The molecule has 9 nitrogen and oxygen atoms in total. The highest BCUT2D eigenvalue weighted by molar-refractivity contribution is 6.34. The summed E-state index contributed by atoms with van der Waals surface area (Å²) in [5.41, 5.74) is 7.11. The van der Waals surface area contributed by atoms with E-state index in [1.165, 1.54) is 22.8 Å². The number of fused-ring (bicyclic) bond motifs is 1. The summed E-state index contributed by atoms with van der Waals surface area (Å²) in [6.07, 6.45) is 3.22. The summed E-state index contributed by atoms with van der Waals surface area (Å²) in [7, 11) is 0. The third-order valence-corrected chi connectivity index (χ3v) is 8.47. The Bertz CT molecular complexity index is 1640. The van der Waals surface area contributed by atoms with E-state index >= 15 is 4.39 Å². The number of carbonyl (C=O) groups excluding carboxylic acids is 1. The molecule has 0 spiro atoms. The molecule has 3 aromatic rings. The highest BCUT2D eigenvalue weighted by atomic mass is 35.5. The van der Waals surface area contributed by atoms with Gasteiger partial charge in [0.1, 0.15) is 17.3 Å². The number of aliphatic imine (C=N–C) groups is 1. The van der Waals surface area contributed by atoms with Crippen LogP contribution in [0.5, 0.6) is 0 Å². The molecule has 1 saturated heterocycles. The van der Waals surface area contributed by atoms with Crippen LogP contribution in [-0.4, -0.2) is 63.3 Å². The molecule has 2 N–H and O–H groups in total. The number of aromatic nitrogens is 3. The van der Waals surface area contributed by atoms with Crippen LogP contribution in [-0.2, 0) is 4.79 Å². The molecule has 43 heavy (non-hydrogen) atoms. The number of amides is 1. The number of carbonyl (C=O) groups is 1. The minimum Gasteiger partial charge on any atom is -0.398 e. The molecule has 0 radical (unpaired) electrons. The van der Waals surface area contributed by atoms with Gasteiger partial charge >= 0.3 is 5.69 Å². The molecule has 0 aliphatic carbocycles. The number of halogens is 2. The van der Waals surface area contributed by atoms with E-state index in [1.54, 1.807) is 17.0 Å². The van der Waals surface area contributed by atoms with Gasteiger partial charge in [0.15, 0.2) is 0 Å². The lowest BCUT2D eigenvalue weighted by Gasteiger charge is -2.44. The van der Waals surface area contributed by atoms with Crippen molar-refractivity contribution >= 4 is 46.8 Å². The molecule has 3 heterocycles. The van der Waals surface area contributed by atoms with Gasteiger partial charge in [-0.3, -0.25) is 14.4 Å². The summed E-state index contributed by atoms with van der Waals surface area (Å²) < 4.78 is 16.7. The summed E-state index contributed by atoms with van der Waals surface area (Å²) in [5.74, 6) is -0.347. The lowest BCUT2D eigenvalue weighted by atomic mass is 9.91. The molecule has 0 bridgehead atoms. The van der Waals surface area contributed by atoms with Gasteiger partial charge in [0.05, 0.1) is 33.7 Å². The van der Waals surface area contributed by atoms with Crippen LogP contribution in [0.3, 0.4) is 0 Å². The van der Waals surface area contributed by atoms with Crippen molar-refractivity contribution in [3.05, 3.63) is 69.9 Å². The number of nitrogens with zero attached hydrogens (tertiary/aromatic N) is 6. The normalized spacial score (nSPS) is 19.0. The highest BCUT2D eigenvalue weighted by Gasteiger charge is 2.35. The molecular formula is C32H39ClFN7O2. The first-order chi connectivity index (χ1) is 20.4. The largest absolute Gasteiger partial charge is 0.398 e. The van der Waals surface area contributed by atoms with Crippen molar-refractivity contribution in [2.24, 2.45) is 10.9 Å². The van der Waals surface area contributed by atoms with Gasteiger partial charge in [-0.2, -0.15) is 4.98 Å². The second-order valence-electron chi connectivity index (χ2n) is 11.4. The number of pyridine rings is 1. The zero-order chi connectivity index (χ0) is 31.7. The van der Waals surface area contributed by atoms with E-state index in [9.17, 15) is 9.59 Å². The van der Waals surface area contributed by atoms with Gasteiger partial charge in [-0.25, -0.2) is 14.2 Å². The zero-order valence-electron chi connectivity index (χ0n) is 25.5. The third kappa shape index (κ3) is 5.80. The smallest absolute Gasteiger partial charge is 0.351 e. The Kier molecular flexibility index (Phi) is 9.39. The Hall–Kier alpha value is -4.05. The summed E-state index contributed by atoms with van der Waals surface area (Å²) in [4.78, 5) is 44.3. The fourth-order valence-electron chi connectivity index (χ4n) is 6.09. The number of allylic oxidation sites excluding steroid dienone is 1. The van der Waals surface area contributed by atoms with Gasteiger partial charge < -0.3 is 15.5 Å². The molecule has 4 atom stereocenters. The Morgan fingerprint density at radius 2 is 1.88 bits per heavy atom. The first-order valence-corrected chi connectivity index (χ1v) is 14.7. The average Bonchev–Trinajstić information content (AvgIpc) is 2.95. The van der Waals surface area contributed by atoms with Gasteiger partial charge in [0.2, 0.25) is 5.91 Å². The minimum absolute atomic E-state index is 0.0187.